The number of ether oxygens (including phenoxy) is 2. The number of nitrogens with one attached hydrogen (secondary N) is 1. The van der Waals surface area contributed by atoms with Crippen LogP contribution in [0.15, 0.2) is 12.1 Å². The summed E-state index contributed by atoms with van der Waals surface area (Å²) >= 11 is 5.47. The summed E-state index contributed by atoms with van der Waals surface area (Å²) in [6.07, 6.45) is 1.78. The average Bonchev–Trinajstić information content (AvgIpc) is 2.81. The Labute approximate surface area is 130 Å². The molecule has 0 amide bonds. The van der Waals surface area contributed by atoms with Gasteiger partial charge in [0.25, 0.3) is 0 Å². The summed E-state index contributed by atoms with van der Waals surface area (Å²) < 4.78 is 25.1. The van der Waals surface area contributed by atoms with Crippen molar-refractivity contribution < 1.29 is 13.7 Å². The second-order valence-electron chi connectivity index (χ2n) is 5.10. The molecule has 1 fully saturated rings. The molecule has 0 saturated carbocycles. The minimum Gasteiger partial charge on any atom is -0.493 e. The molecule has 0 bridgehead atoms. The minimum absolute atomic E-state index is 0.294. The second kappa shape index (κ2) is 5.81. The fourth-order valence-electron chi connectivity index (χ4n) is 2.85. The summed E-state index contributed by atoms with van der Waals surface area (Å²) in [5.41, 5.74) is 1.94. The Morgan fingerprint density at radius 1 is 1.24 bits per heavy atom. The molecule has 114 valence electrons. The van der Waals surface area contributed by atoms with Gasteiger partial charge in [0.15, 0.2) is 16.3 Å². The lowest BCUT2D eigenvalue weighted by atomic mass is 10.1. The van der Waals surface area contributed by atoms with E-state index in [-0.39, 0.29) is 0 Å². The molecule has 1 aliphatic rings. The van der Waals surface area contributed by atoms with E-state index in [0.29, 0.717) is 22.3 Å². The largest absolute Gasteiger partial charge is 0.493 e. The number of nitrogens with zero attached hydrogens (tertiary/aromatic N) is 1. The molecule has 7 heteroatoms. The topological polar surface area (TPSA) is 56.2 Å². The fourth-order valence-corrected chi connectivity index (χ4v) is 4.49. The lowest BCUT2D eigenvalue weighted by Gasteiger charge is -2.23. The zero-order chi connectivity index (χ0) is 15.0. The van der Waals surface area contributed by atoms with Crippen LogP contribution in [0, 0.1) is 4.77 Å². The lowest BCUT2D eigenvalue weighted by molar-refractivity contribution is 0.355. The van der Waals surface area contributed by atoms with E-state index in [1.807, 2.05) is 12.1 Å². The van der Waals surface area contributed by atoms with Gasteiger partial charge in [0.05, 0.1) is 25.3 Å². The van der Waals surface area contributed by atoms with Gasteiger partial charge < -0.3 is 19.0 Å². The smallest absolute Gasteiger partial charge is 0.178 e. The van der Waals surface area contributed by atoms with Crippen LogP contribution in [-0.4, -0.2) is 39.5 Å². The van der Waals surface area contributed by atoms with Crippen LogP contribution in [0.3, 0.4) is 0 Å². The number of hydrogen-bond donors (Lipinski definition) is 1. The van der Waals surface area contributed by atoms with E-state index >= 15 is 0 Å². The molecular formula is C14H18N2O3S2. The highest BCUT2D eigenvalue weighted by molar-refractivity contribution is 7.85. The first kappa shape index (κ1) is 14.6. The Balaban J connectivity index is 2.12. The van der Waals surface area contributed by atoms with Crippen molar-refractivity contribution in [3.05, 3.63) is 16.9 Å². The van der Waals surface area contributed by atoms with E-state index in [1.165, 1.54) is 0 Å². The van der Waals surface area contributed by atoms with Crippen LogP contribution in [0.25, 0.3) is 11.0 Å². The maximum absolute atomic E-state index is 11.5. The number of H-pyrrole nitrogens is 1. The normalized spacial score (nSPS) is 22.4. The zero-order valence-electron chi connectivity index (χ0n) is 12.0. The number of rotatable bonds is 3. The molecule has 0 unspecified atom stereocenters. The highest BCUT2D eigenvalue weighted by Gasteiger charge is 2.22. The van der Waals surface area contributed by atoms with Gasteiger partial charge in [-0.05, 0) is 25.1 Å². The number of aromatic nitrogens is 2. The van der Waals surface area contributed by atoms with Crippen molar-refractivity contribution in [2.75, 3.05) is 25.7 Å². The molecule has 1 N–H and O–H groups in total. The number of benzene rings is 1. The first-order valence-corrected chi connectivity index (χ1v) is 8.75. The van der Waals surface area contributed by atoms with E-state index in [4.69, 9.17) is 21.7 Å². The highest BCUT2D eigenvalue weighted by atomic mass is 32.2. The molecule has 0 radical (unpaired) electrons. The Morgan fingerprint density at radius 2 is 1.86 bits per heavy atom. The predicted octanol–water partition coefficient (Wildman–Crippen LogP) is 2.80. The van der Waals surface area contributed by atoms with E-state index in [2.05, 4.69) is 9.55 Å². The maximum atomic E-state index is 11.5. The van der Waals surface area contributed by atoms with Crippen molar-refractivity contribution in [2.45, 2.75) is 18.9 Å². The summed E-state index contributed by atoms with van der Waals surface area (Å²) in [6, 6.07) is 4.15. The lowest BCUT2D eigenvalue weighted by Crippen LogP contribution is -2.21. The van der Waals surface area contributed by atoms with Crippen LogP contribution in [0.4, 0.5) is 0 Å². The van der Waals surface area contributed by atoms with Gasteiger partial charge in [-0.25, -0.2) is 0 Å². The number of fused-ring (bicyclic) bond motifs is 1. The maximum Gasteiger partial charge on any atom is 0.178 e. The summed E-state index contributed by atoms with van der Waals surface area (Å²) in [6.45, 7) is 0. The van der Waals surface area contributed by atoms with E-state index in [9.17, 15) is 4.21 Å². The molecule has 1 saturated heterocycles. The van der Waals surface area contributed by atoms with Gasteiger partial charge in [0, 0.05) is 40.5 Å². The van der Waals surface area contributed by atoms with Gasteiger partial charge in [-0.1, -0.05) is 0 Å². The fraction of sp³-hybridized carbons (Fsp3) is 0.500. The summed E-state index contributed by atoms with van der Waals surface area (Å²) in [7, 11) is 2.56. The molecular weight excluding hydrogens is 308 g/mol. The number of aromatic amines is 1. The van der Waals surface area contributed by atoms with Gasteiger partial charge in [0.2, 0.25) is 0 Å². The molecule has 0 spiro atoms. The Morgan fingerprint density at radius 3 is 2.48 bits per heavy atom. The third-order valence-corrected chi connectivity index (χ3v) is 5.63. The number of methoxy groups -OCH3 is 2. The van der Waals surface area contributed by atoms with E-state index in [0.717, 1.165) is 35.4 Å². The van der Waals surface area contributed by atoms with Crippen LogP contribution in [-0.2, 0) is 10.8 Å². The van der Waals surface area contributed by atoms with Crippen LogP contribution < -0.4 is 9.47 Å². The third-order valence-electron chi connectivity index (χ3n) is 3.94. The standard InChI is InChI=1S/C14H18N2O3S2/c1-18-12-7-10-11(8-13(12)19-2)16(14(20)15-10)9-3-5-21(17)6-4-9/h7-9H,3-6H2,1-2H3,(H,15,20). The molecule has 5 nitrogen and oxygen atoms in total. The predicted molar refractivity (Wildman–Crippen MR) is 86.4 cm³/mol. The van der Waals surface area contributed by atoms with E-state index in [1.54, 1.807) is 14.2 Å². The van der Waals surface area contributed by atoms with Crippen molar-refractivity contribution >= 4 is 34.1 Å². The molecule has 0 aliphatic carbocycles. The second-order valence-corrected chi connectivity index (χ2v) is 7.19. The minimum atomic E-state index is -0.676. The molecule has 1 aromatic carbocycles. The molecule has 2 aromatic rings. The monoisotopic (exact) mass is 326 g/mol. The van der Waals surface area contributed by atoms with Gasteiger partial charge in [-0.2, -0.15) is 0 Å². The van der Waals surface area contributed by atoms with Crippen molar-refractivity contribution in [3.8, 4) is 11.5 Å². The van der Waals surface area contributed by atoms with Crippen LogP contribution in [0.2, 0.25) is 0 Å². The van der Waals surface area contributed by atoms with Crippen molar-refractivity contribution in [1.29, 1.82) is 0 Å². The van der Waals surface area contributed by atoms with Gasteiger partial charge >= 0.3 is 0 Å². The number of hydrogen-bond acceptors (Lipinski definition) is 4. The summed E-state index contributed by atoms with van der Waals surface area (Å²) in [5, 5.41) is 0. The molecule has 0 atom stereocenters. The van der Waals surface area contributed by atoms with Crippen LogP contribution in [0.1, 0.15) is 18.9 Å². The molecule has 21 heavy (non-hydrogen) atoms. The highest BCUT2D eigenvalue weighted by Crippen LogP contribution is 2.34. The third kappa shape index (κ3) is 2.60. The first-order valence-electron chi connectivity index (χ1n) is 6.85. The summed E-state index contributed by atoms with van der Waals surface area (Å²) in [4.78, 5) is 3.23. The quantitative estimate of drug-likeness (QED) is 0.881. The first-order chi connectivity index (χ1) is 10.1. The zero-order valence-corrected chi connectivity index (χ0v) is 13.7. The van der Waals surface area contributed by atoms with Crippen LogP contribution in [0.5, 0.6) is 11.5 Å². The number of imidazole rings is 1. The molecule has 3 rings (SSSR count). The van der Waals surface area contributed by atoms with Crippen molar-refractivity contribution in [2.24, 2.45) is 0 Å². The van der Waals surface area contributed by atoms with Crippen molar-refractivity contribution in [3.63, 3.8) is 0 Å². The van der Waals surface area contributed by atoms with Crippen molar-refractivity contribution in [1.82, 2.24) is 9.55 Å². The average molecular weight is 326 g/mol. The molecule has 2 heterocycles. The van der Waals surface area contributed by atoms with Gasteiger partial charge in [0.1, 0.15) is 0 Å². The summed E-state index contributed by atoms with van der Waals surface area (Å²) in [5.74, 6) is 2.85. The Hall–Kier alpha value is -1.34. The molecule has 1 aromatic heterocycles. The van der Waals surface area contributed by atoms with Gasteiger partial charge in [-0.3, -0.25) is 4.21 Å². The Bertz CT molecular complexity index is 740. The van der Waals surface area contributed by atoms with Crippen LogP contribution >= 0.6 is 12.2 Å². The van der Waals surface area contributed by atoms with Gasteiger partial charge in [-0.15, -0.1) is 0 Å². The Kier molecular flexibility index (Phi) is 4.03. The molecule has 1 aliphatic heterocycles. The van der Waals surface area contributed by atoms with E-state index < -0.39 is 10.8 Å². The SMILES string of the molecule is COc1cc2[nH]c(=S)n(C3CCS(=O)CC3)c2cc1OC.